The number of methoxy groups -OCH3 is 1. The minimum Gasteiger partial charge on any atom is -0.495 e. The van der Waals surface area contributed by atoms with Crippen LogP contribution in [0.15, 0.2) is 40.9 Å². The normalized spacial score (nSPS) is 24.2. The van der Waals surface area contributed by atoms with Crippen LogP contribution in [0.3, 0.4) is 0 Å². The van der Waals surface area contributed by atoms with E-state index in [1.165, 1.54) is 0 Å². The molecule has 2 aromatic rings. The molecular weight excluding hydrogens is 384 g/mol. The minimum absolute atomic E-state index is 0.0780. The highest BCUT2D eigenvalue weighted by Crippen LogP contribution is 2.47. The second kappa shape index (κ2) is 5.66. The maximum atomic E-state index is 13.0. The summed E-state index contributed by atoms with van der Waals surface area (Å²) in [4.78, 5) is 14.6. The van der Waals surface area contributed by atoms with Gasteiger partial charge in [-0.3, -0.25) is 4.90 Å². The maximum Gasteiger partial charge on any atom is 0.325 e. The Kier molecular flexibility index (Phi) is 3.68. The highest BCUT2D eigenvalue weighted by Gasteiger charge is 2.50. The number of benzene rings is 2. The molecule has 5 nitrogen and oxygen atoms in total. The third kappa shape index (κ3) is 2.56. The molecule has 4 rings (SSSR count). The molecular formula is C19H19BrN2O3. The molecule has 2 aliphatic heterocycles. The van der Waals surface area contributed by atoms with Gasteiger partial charge in [-0.25, -0.2) is 4.79 Å². The molecule has 2 amide bonds. The molecule has 1 saturated heterocycles. The number of anilines is 1. The summed E-state index contributed by atoms with van der Waals surface area (Å²) in [7, 11) is 1.61. The number of ether oxygens (including phenoxy) is 2. The van der Waals surface area contributed by atoms with E-state index in [0.29, 0.717) is 17.9 Å². The van der Waals surface area contributed by atoms with Crippen molar-refractivity contribution in [2.24, 2.45) is 0 Å². The smallest absolute Gasteiger partial charge is 0.325 e. The van der Waals surface area contributed by atoms with E-state index in [0.717, 1.165) is 21.3 Å². The lowest BCUT2D eigenvalue weighted by Gasteiger charge is -2.50. The van der Waals surface area contributed by atoms with Crippen LogP contribution in [0.4, 0.5) is 10.5 Å². The predicted octanol–water partition coefficient (Wildman–Crippen LogP) is 4.54. The van der Waals surface area contributed by atoms with Gasteiger partial charge in [0.05, 0.1) is 18.8 Å². The Balaban J connectivity index is 1.83. The lowest BCUT2D eigenvalue weighted by atomic mass is 9.90. The number of fused-ring (bicyclic) bond motifs is 4. The summed E-state index contributed by atoms with van der Waals surface area (Å²) >= 11 is 3.49. The summed E-state index contributed by atoms with van der Waals surface area (Å²) in [6.07, 6.45) is 0.652. The van der Waals surface area contributed by atoms with Crippen LogP contribution in [0.1, 0.15) is 30.5 Å². The number of carbonyl (C=O) groups excluding carboxylic acids is 1. The molecule has 1 fully saturated rings. The van der Waals surface area contributed by atoms with Crippen molar-refractivity contribution < 1.29 is 14.3 Å². The van der Waals surface area contributed by atoms with Crippen LogP contribution in [-0.2, 0) is 0 Å². The average Bonchev–Trinajstić information content (AvgIpc) is 2.55. The largest absolute Gasteiger partial charge is 0.495 e. The molecule has 2 bridgehead atoms. The number of carbonyl (C=O) groups is 1. The molecule has 0 spiro atoms. The van der Waals surface area contributed by atoms with Crippen LogP contribution >= 0.6 is 15.9 Å². The van der Waals surface area contributed by atoms with Crippen LogP contribution in [0.2, 0.25) is 0 Å². The van der Waals surface area contributed by atoms with Gasteiger partial charge in [0.25, 0.3) is 0 Å². The number of amides is 2. The Morgan fingerprint density at radius 3 is 2.88 bits per heavy atom. The Labute approximate surface area is 155 Å². The first kappa shape index (κ1) is 16.3. The average molecular weight is 403 g/mol. The molecule has 0 unspecified atom stereocenters. The van der Waals surface area contributed by atoms with E-state index < -0.39 is 5.72 Å². The van der Waals surface area contributed by atoms with Crippen LogP contribution in [-0.4, -0.2) is 18.9 Å². The van der Waals surface area contributed by atoms with Crippen molar-refractivity contribution in [3.05, 3.63) is 52.0 Å². The van der Waals surface area contributed by atoms with Crippen LogP contribution in [0.5, 0.6) is 11.5 Å². The Hall–Kier alpha value is -2.21. The number of halogens is 1. The molecule has 2 aliphatic rings. The first-order chi connectivity index (χ1) is 11.9. The van der Waals surface area contributed by atoms with Crippen molar-refractivity contribution >= 4 is 27.6 Å². The first-order valence-corrected chi connectivity index (χ1v) is 8.94. The number of nitrogens with zero attached hydrogens (tertiary/aromatic N) is 1. The Morgan fingerprint density at radius 2 is 2.12 bits per heavy atom. The van der Waals surface area contributed by atoms with Gasteiger partial charge < -0.3 is 14.8 Å². The summed E-state index contributed by atoms with van der Waals surface area (Å²) in [6, 6.07) is 11.4. The second-order valence-corrected chi connectivity index (χ2v) is 7.59. The molecule has 0 aliphatic carbocycles. The van der Waals surface area contributed by atoms with Crippen molar-refractivity contribution in [2.45, 2.75) is 32.0 Å². The summed E-state index contributed by atoms with van der Waals surface area (Å²) in [5.41, 5.74) is 1.97. The Bertz CT molecular complexity index is 870. The van der Waals surface area contributed by atoms with Gasteiger partial charge in [-0.15, -0.1) is 0 Å². The molecule has 1 N–H and O–H groups in total. The highest BCUT2D eigenvalue weighted by atomic mass is 79.9. The molecule has 0 saturated carbocycles. The predicted molar refractivity (Wildman–Crippen MR) is 99.3 cm³/mol. The van der Waals surface area contributed by atoms with Crippen molar-refractivity contribution in [2.75, 3.05) is 12.0 Å². The SMILES string of the molecule is COc1ccc(C)cc1N1C(=O)N[C@@H]2C[C@]1(C)Oc1ccc(Br)cc12. The Morgan fingerprint density at radius 1 is 1.32 bits per heavy atom. The number of hydrogen-bond acceptors (Lipinski definition) is 3. The van der Waals surface area contributed by atoms with Gasteiger partial charge in [-0.2, -0.15) is 0 Å². The minimum atomic E-state index is -0.783. The first-order valence-electron chi connectivity index (χ1n) is 8.15. The topological polar surface area (TPSA) is 50.8 Å². The number of urea groups is 1. The standard InChI is InChI=1S/C19H19BrN2O3/c1-11-4-6-17(24-3)15(8-11)22-18(23)21-14-10-19(22,2)25-16-7-5-12(20)9-13(14)16/h4-9,14H,10H2,1-3H3,(H,21,23)/t14-,19+/m1/s1. The van der Waals surface area contributed by atoms with Crippen LogP contribution in [0.25, 0.3) is 0 Å². The molecule has 2 aromatic carbocycles. The molecule has 0 radical (unpaired) electrons. The van der Waals surface area contributed by atoms with Gasteiger partial charge >= 0.3 is 6.03 Å². The van der Waals surface area contributed by atoms with Crippen LogP contribution in [0, 0.1) is 6.92 Å². The summed E-state index contributed by atoms with van der Waals surface area (Å²) in [5, 5.41) is 3.11. The second-order valence-electron chi connectivity index (χ2n) is 6.68. The fourth-order valence-electron chi connectivity index (χ4n) is 3.68. The van der Waals surface area contributed by atoms with E-state index in [1.807, 2.05) is 50.2 Å². The van der Waals surface area contributed by atoms with E-state index in [1.54, 1.807) is 12.0 Å². The van der Waals surface area contributed by atoms with Crippen molar-refractivity contribution in [3.63, 3.8) is 0 Å². The van der Waals surface area contributed by atoms with E-state index in [-0.39, 0.29) is 12.1 Å². The maximum absolute atomic E-state index is 13.0. The molecule has 6 heteroatoms. The molecule has 0 aromatic heterocycles. The fourth-order valence-corrected chi connectivity index (χ4v) is 4.06. The van der Waals surface area contributed by atoms with Gasteiger partial charge in [0.2, 0.25) is 0 Å². The van der Waals surface area contributed by atoms with E-state index in [2.05, 4.69) is 21.2 Å². The van der Waals surface area contributed by atoms with E-state index >= 15 is 0 Å². The fraction of sp³-hybridized carbons (Fsp3) is 0.316. The van der Waals surface area contributed by atoms with Gasteiger partial charge in [0.15, 0.2) is 5.72 Å². The monoisotopic (exact) mass is 402 g/mol. The third-order valence-corrected chi connectivity index (χ3v) is 5.30. The van der Waals surface area contributed by atoms with Crippen LogP contribution < -0.4 is 19.7 Å². The van der Waals surface area contributed by atoms with Crippen molar-refractivity contribution in [1.82, 2.24) is 5.32 Å². The number of rotatable bonds is 2. The number of nitrogens with one attached hydrogen (secondary N) is 1. The van der Waals surface area contributed by atoms with Gasteiger partial charge in [0, 0.05) is 16.5 Å². The quantitative estimate of drug-likeness (QED) is 0.802. The van der Waals surface area contributed by atoms with Gasteiger partial charge in [0.1, 0.15) is 11.5 Å². The molecule has 130 valence electrons. The third-order valence-electron chi connectivity index (χ3n) is 4.81. The molecule has 2 atom stereocenters. The number of hydrogen-bond donors (Lipinski definition) is 1. The van der Waals surface area contributed by atoms with Gasteiger partial charge in [-0.1, -0.05) is 22.0 Å². The van der Waals surface area contributed by atoms with Gasteiger partial charge in [-0.05, 0) is 49.7 Å². The van der Waals surface area contributed by atoms with Crippen molar-refractivity contribution in [1.29, 1.82) is 0 Å². The number of aryl methyl sites for hydroxylation is 1. The molecule has 2 heterocycles. The lowest BCUT2D eigenvalue weighted by molar-refractivity contribution is 0.0374. The zero-order valence-electron chi connectivity index (χ0n) is 14.3. The van der Waals surface area contributed by atoms with Crippen molar-refractivity contribution in [3.8, 4) is 11.5 Å². The molecule has 25 heavy (non-hydrogen) atoms. The lowest BCUT2D eigenvalue weighted by Crippen LogP contribution is -2.65. The van der Waals surface area contributed by atoms with E-state index in [4.69, 9.17) is 9.47 Å². The summed E-state index contributed by atoms with van der Waals surface area (Å²) in [6.45, 7) is 3.94. The summed E-state index contributed by atoms with van der Waals surface area (Å²) < 4.78 is 12.8. The zero-order valence-corrected chi connectivity index (χ0v) is 15.9. The summed E-state index contributed by atoms with van der Waals surface area (Å²) in [5.74, 6) is 1.43. The van der Waals surface area contributed by atoms with E-state index in [9.17, 15) is 4.79 Å². The highest BCUT2D eigenvalue weighted by molar-refractivity contribution is 9.10. The zero-order chi connectivity index (χ0) is 17.8.